The van der Waals surface area contributed by atoms with Gasteiger partial charge in [-0.25, -0.2) is 8.42 Å². The summed E-state index contributed by atoms with van der Waals surface area (Å²) in [6.45, 7) is 10.2. The van der Waals surface area contributed by atoms with Crippen molar-refractivity contribution >= 4 is 27.7 Å². The van der Waals surface area contributed by atoms with Gasteiger partial charge in [0.1, 0.15) is 4.90 Å². The van der Waals surface area contributed by atoms with Crippen LogP contribution >= 0.6 is 0 Å². The van der Waals surface area contributed by atoms with E-state index >= 15 is 0 Å². The van der Waals surface area contributed by atoms with Crippen LogP contribution < -0.4 is 10.6 Å². The number of aldehydes is 1. The highest BCUT2D eigenvalue weighted by atomic mass is 32.2. The number of nitrogens with zero attached hydrogens (tertiary/aromatic N) is 2. The lowest BCUT2D eigenvalue weighted by molar-refractivity contribution is -0.156. The molecule has 0 spiro atoms. The lowest BCUT2D eigenvalue weighted by Crippen LogP contribution is -2.27. The van der Waals surface area contributed by atoms with Gasteiger partial charge in [0, 0.05) is 17.6 Å². The number of hydrogen-bond acceptors (Lipinski definition) is 6. The van der Waals surface area contributed by atoms with Crippen LogP contribution in [0.4, 0.5) is 18.9 Å². The maximum absolute atomic E-state index is 13.1. The van der Waals surface area contributed by atoms with Gasteiger partial charge in [-0.3, -0.25) is 14.3 Å². The first-order valence-corrected chi connectivity index (χ1v) is 11.4. The molecule has 2 N–H and O–H groups in total. The Labute approximate surface area is 191 Å². The smallest absolute Gasteiger partial charge is 0.326 e. The van der Waals surface area contributed by atoms with Crippen LogP contribution in [0.25, 0.3) is 0 Å². The first kappa shape index (κ1) is 28.3. The molecule has 8 nitrogen and oxygen atoms in total. The van der Waals surface area contributed by atoms with Crippen LogP contribution in [0.3, 0.4) is 0 Å². The lowest BCUT2D eigenvalue weighted by Gasteiger charge is -2.17. The van der Waals surface area contributed by atoms with E-state index in [1.807, 2.05) is 27.8 Å². The number of carbonyl (C=O) groups is 2. The predicted molar refractivity (Wildman–Crippen MR) is 118 cm³/mol. The molecule has 1 aromatic carbocycles. The molecule has 0 bridgehead atoms. The van der Waals surface area contributed by atoms with Gasteiger partial charge >= 0.3 is 6.18 Å². The van der Waals surface area contributed by atoms with Crippen LogP contribution in [-0.2, 0) is 26.0 Å². The fourth-order valence-corrected chi connectivity index (χ4v) is 4.31. The summed E-state index contributed by atoms with van der Waals surface area (Å²) in [7, 11) is -1.86. The van der Waals surface area contributed by atoms with Gasteiger partial charge in [0.2, 0.25) is 22.0 Å². The number of amides is 1. The lowest BCUT2D eigenvalue weighted by atomic mass is 9.95. The molecule has 0 atom stereocenters. The fourth-order valence-electron chi connectivity index (χ4n) is 2.66. The number of nitrogens with one attached hydrogen (secondary N) is 2. The molecule has 2 aromatic rings. The molecule has 0 unspecified atom stereocenters. The summed E-state index contributed by atoms with van der Waals surface area (Å²) in [5.41, 5.74) is 1.13. The zero-order valence-electron chi connectivity index (χ0n) is 19.4. The van der Waals surface area contributed by atoms with Crippen molar-refractivity contribution in [2.45, 2.75) is 57.1 Å². The minimum Gasteiger partial charge on any atom is -0.326 e. The van der Waals surface area contributed by atoms with E-state index in [4.69, 9.17) is 4.79 Å². The van der Waals surface area contributed by atoms with Crippen LogP contribution in [0.1, 0.15) is 32.2 Å². The third-order valence-electron chi connectivity index (χ3n) is 4.39. The molecule has 0 saturated heterocycles. The molecule has 0 aliphatic rings. The van der Waals surface area contributed by atoms with Crippen molar-refractivity contribution in [2.24, 2.45) is 5.41 Å². The molecule has 0 aliphatic heterocycles. The van der Waals surface area contributed by atoms with E-state index in [2.05, 4.69) is 15.7 Å². The van der Waals surface area contributed by atoms with Crippen molar-refractivity contribution in [3.05, 3.63) is 35.7 Å². The fraction of sp³-hybridized carbons (Fsp3) is 0.476. The standard InChI is InChI=1S/C19H28N4O3S.C2HF3O/c1-13-17(14(2)23(22-13)12-11-20-6)27(25,26)16-9-7-15(8-10-16)21-18(24)19(3,4)5;3-2(4,5)1-6/h7-10,20H,11-12H2,1-6H3,(H,21,24);1H. The van der Waals surface area contributed by atoms with Crippen molar-refractivity contribution in [1.29, 1.82) is 0 Å². The second-order valence-corrected chi connectivity index (χ2v) is 10.1. The molecule has 1 aromatic heterocycles. The van der Waals surface area contributed by atoms with Crippen molar-refractivity contribution in [2.75, 3.05) is 18.9 Å². The highest BCUT2D eigenvalue weighted by Gasteiger charge is 2.27. The Morgan fingerprint density at radius 2 is 1.64 bits per heavy atom. The van der Waals surface area contributed by atoms with Gasteiger partial charge in [-0.1, -0.05) is 20.8 Å². The molecule has 12 heteroatoms. The van der Waals surface area contributed by atoms with Gasteiger partial charge in [0.15, 0.2) is 0 Å². The molecule has 0 radical (unpaired) electrons. The Morgan fingerprint density at radius 3 is 2.06 bits per heavy atom. The van der Waals surface area contributed by atoms with E-state index in [1.165, 1.54) is 12.1 Å². The Balaban J connectivity index is 0.000000801. The Morgan fingerprint density at radius 1 is 1.12 bits per heavy atom. The molecule has 0 aliphatic carbocycles. The number of aromatic nitrogens is 2. The molecule has 184 valence electrons. The molecule has 33 heavy (non-hydrogen) atoms. The average molecular weight is 491 g/mol. The van der Waals surface area contributed by atoms with Gasteiger partial charge < -0.3 is 10.6 Å². The highest BCUT2D eigenvalue weighted by Crippen LogP contribution is 2.28. The van der Waals surface area contributed by atoms with Crippen molar-refractivity contribution < 1.29 is 31.2 Å². The number of likely N-dealkylation sites (N-methyl/N-ethyl adjacent to an activating group) is 1. The van der Waals surface area contributed by atoms with E-state index < -0.39 is 27.7 Å². The quantitative estimate of drug-likeness (QED) is 0.602. The SMILES string of the molecule is CNCCn1nc(C)c(S(=O)(=O)c2ccc(NC(=O)C(C)(C)C)cc2)c1C.O=CC(F)(F)F. The Kier molecular flexibility index (Phi) is 9.37. The number of anilines is 1. The number of rotatable bonds is 6. The Hall–Kier alpha value is -2.73. The van der Waals surface area contributed by atoms with Crippen LogP contribution in [0.5, 0.6) is 0 Å². The molecular weight excluding hydrogens is 461 g/mol. The van der Waals surface area contributed by atoms with Gasteiger partial charge in [-0.15, -0.1) is 0 Å². The van der Waals surface area contributed by atoms with Gasteiger partial charge in [-0.2, -0.15) is 18.3 Å². The van der Waals surface area contributed by atoms with E-state index in [-0.39, 0.29) is 15.7 Å². The topological polar surface area (TPSA) is 110 Å². The molecule has 1 amide bonds. The van der Waals surface area contributed by atoms with Crippen molar-refractivity contribution in [3.8, 4) is 0 Å². The average Bonchev–Trinajstić information content (AvgIpc) is 2.99. The summed E-state index contributed by atoms with van der Waals surface area (Å²) < 4.78 is 59.2. The number of benzene rings is 1. The normalized spacial score (nSPS) is 12.0. The number of alkyl halides is 3. The minimum absolute atomic E-state index is 0.129. The van der Waals surface area contributed by atoms with E-state index in [9.17, 15) is 26.4 Å². The van der Waals surface area contributed by atoms with Crippen LogP contribution in [0.2, 0.25) is 0 Å². The van der Waals surface area contributed by atoms with E-state index in [1.54, 1.807) is 30.7 Å². The van der Waals surface area contributed by atoms with E-state index in [0.29, 0.717) is 30.2 Å². The van der Waals surface area contributed by atoms with Crippen LogP contribution in [-0.4, -0.2) is 50.2 Å². The first-order valence-electron chi connectivity index (χ1n) is 9.93. The number of halogens is 3. The maximum Gasteiger partial charge on any atom is 0.446 e. The third-order valence-corrected chi connectivity index (χ3v) is 6.42. The highest BCUT2D eigenvalue weighted by molar-refractivity contribution is 7.91. The van der Waals surface area contributed by atoms with Crippen LogP contribution in [0.15, 0.2) is 34.1 Å². The van der Waals surface area contributed by atoms with E-state index in [0.717, 1.165) is 0 Å². The molecule has 0 fully saturated rings. The second kappa shape index (κ2) is 10.9. The van der Waals surface area contributed by atoms with Crippen molar-refractivity contribution in [1.82, 2.24) is 15.1 Å². The zero-order chi connectivity index (χ0) is 25.6. The van der Waals surface area contributed by atoms with Gasteiger partial charge in [0.25, 0.3) is 0 Å². The third kappa shape index (κ3) is 7.97. The van der Waals surface area contributed by atoms with Gasteiger partial charge in [-0.05, 0) is 45.2 Å². The van der Waals surface area contributed by atoms with Crippen molar-refractivity contribution in [3.63, 3.8) is 0 Å². The summed E-state index contributed by atoms with van der Waals surface area (Å²) >= 11 is 0. The number of carbonyl (C=O) groups excluding carboxylic acids is 2. The summed E-state index contributed by atoms with van der Waals surface area (Å²) in [6, 6.07) is 6.23. The molecule has 2 rings (SSSR count). The largest absolute Gasteiger partial charge is 0.446 e. The van der Waals surface area contributed by atoms with Crippen LogP contribution in [0, 0.1) is 19.3 Å². The first-order chi connectivity index (χ1) is 15.0. The number of sulfone groups is 1. The molecular formula is C21H29F3N4O4S. The Bertz CT molecular complexity index is 1070. The molecule has 1 heterocycles. The summed E-state index contributed by atoms with van der Waals surface area (Å²) in [5, 5.41) is 10.2. The summed E-state index contributed by atoms with van der Waals surface area (Å²) in [6.07, 6.45) is -5.70. The zero-order valence-corrected chi connectivity index (χ0v) is 20.2. The maximum atomic E-state index is 13.1. The monoisotopic (exact) mass is 490 g/mol. The van der Waals surface area contributed by atoms with Gasteiger partial charge in [0.05, 0.1) is 22.8 Å². The number of aryl methyl sites for hydroxylation is 1. The summed E-state index contributed by atoms with van der Waals surface area (Å²) in [5.74, 6) is -0.129. The molecule has 0 saturated carbocycles. The minimum atomic E-state index is -4.64. The summed E-state index contributed by atoms with van der Waals surface area (Å²) in [4.78, 5) is 21.2. The predicted octanol–water partition coefficient (Wildman–Crippen LogP) is 3.28. The second-order valence-electron chi connectivity index (χ2n) is 8.22. The number of hydrogen-bond donors (Lipinski definition) is 2.